The molecule has 0 spiro atoms. The number of methoxy groups -OCH3 is 2. The Morgan fingerprint density at radius 1 is 1.11 bits per heavy atom. The van der Waals surface area contributed by atoms with E-state index in [1.807, 2.05) is 4.90 Å². The predicted octanol–water partition coefficient (Wildman–Crippen LogP) is 3.32. The van der Waals surface area contributed by atoms with E-state index in [1.54, 1.807) is 32.4 Å². The zero-order valence-corrected chi connectivity index (χ0v) is 16.7. The number of hydrogen-bond donors (Lipinski definition) is 1. The Morgan fingerprint density at radius 3 is 2.41 bits per heavy atom. The average Bonchev–Trinajstić information content (AvgIpc) is 3.05. The molecule has 0 unspecified atom stereocenters. The molecule has 1 N–H and O–H groups in total. The van der Waals surface area contributed by atoms with E-state index in [-0.39, 0.29) is 30.2 Å². The highest BCUT2D eigenvalue weighted by molar-refractivity contribution is 5.97. The van der Waals surface area contributed by atoms with Crippen LogP contribution in [0.1, 0.15) is 39.5 Å². The number of nitrogens with one attached hydrogen (secondary N) is 1. The summed E-state index contributed by atoms with van der Waals surface area (Å²) in [5.41, 5.74) is 0.613. The van der Waals surface area contributed by atoms with Crippen LogP contribution in [-0.4, -0.2) is 43.5 Å². The lowest BCUT2D eigenvalue weighted by molar-refractivity contribution is -0.131. The lowest BCUT2D eigenvalue weighted by Crippen LogP contribution is -2.45. The van der Waals surface area contributed by atoms with Gasteiger partial charge >= 0.3 is 0 Å². The summed E-state index contributed by atoms with van der Waals surface area (Å²) in [7, 11) is 3.14. The number of rotatable bonds is 5. The number of amides is 2. The summed E-state index contributed by atoms with van der Waals surface area (Å²) in [6, 6.07) is 5.51. The summed E-state index contributed by atoms with van der Waals surface area (Å²) < 4.78 is 10.5. The first-order valence-corrected chi connectivity index (χ1v) is 9.76. The van der Waals surface area contributed by atoms with Crippen molar-refractivity contribution in [3.8, 4) is 11.5 Å². The zero-order valence-electron chi connectivity index (χ0n) is 16.7. The number of nitrogens with zero attached hydrogens (tertiary/aromatic N) is 1. The Balaban J connectivity index is 1.67. The number of likely N-dealkylation sites (tertiary alicyclic amines) is 1. The second-order valence-electron chi connectivity index (χ2n) is 7.87. The van der Waals surface area contributed by atoms with Gasteiger partial charge in [0, 0.05) is 42.9 Å². The zero-order chi connectivity index (χ0) is 19.6. The van der Waals surface area contributed by atoms with E-state index in [0.29, 0.717) is 35.6 Å². The highest BCUT2D eigenvalue weighted by atomic mass is 16.5. The van der Waals surface area contributed by atoms with Gasteiger partial charge in [0.2, 0.25) is 11.8 Å². The van der Waals surface area contributed by atoms with Gasteiger partial charge in [0.05, 0.1) is 20.1 Å². The van der Waals surface area contributed by atoms with Gasteiger partial charge in [-0.3, -0.25) is 9.59 Å². The minimum absolute atomic E-state index is 0.101. The fourth-order valence-electron chi connectivity index (χ4n) is 4.35. The Labute approximate surface area is 161 Å². The van der Waals surface area contributed by atoms with Crippen LogP contribution in [0.25, 0.3) is 0 Å². The number of benzene rings is 1. The van der Waals surface area contributed by atoms with Crippen LogP contribution < -0.4 is 14.8 Å². The molecule has 1 saturated carbocycles. The van der Waals surface area contributed by atoms with Crippen molar-refractivity contribution in [2.75, 3.05) is 26.1 Å². The van der Waals surface area contributed by atoms with Gasteiger partial charge in [0.15, 0.2) is 0 Å². The van der Waals surface area contributed by atoms with Crippen LogP contribution in [0.2, 0.25) is 0 Å². The molecule has 1 aromatic carbocycles. The summed E-state index contributed by atoms with van der Waals surface area (Å²) in [6.45, 7) is 5.00. The van der Waals surface area contributed by atoms with Gasteiger partial charge in [-0.25, -0.2) is 0 Å². The first kappa shape index (κ1) is 19.5. The molecule has 148 valence electrons. The highest BCUT2D eigenvalue weighted by Gasteiger charge is 2.41. The lowest BCUT2D eigenvalue weighted by atomic mass is 9.77. The minimum atomic E-state index is -0.320. The molecule has 4 atom stereocenters. The second kappa shape index (κ2) is 8.19. The van der Waals surface area contributed by atoms with Crippen LogP contribution in [0.15, 0.2) is 18.2 Å². The molecule has 0 aromatic heterocycles. The number of carbonyl (C=O) groups excluding carboxylic acids is 2. The molecule has 0 radical (unpaired) electrons. The van der Waals surface area contributed by atoms with Gasteiger partial charge in [0.1, 0.15) is 11.5 Å². The SMILES string of the molecule is COc1cc(NC(=O)[C@@H]2CC(=O)N([C@H]3CCC[C@H](C)[C@H]3C)C2)cc(OC)c1. The van der Waals surface area contributed by atoms with Crippen molar-refractivity contribution in [3.05, 3.63) is 18.2 Å². The van der Waals surface area contributed by atoms with E-state index in [0.717, 1.165) is 12.8 Å². The Hall–Kier alpha value is -2.24. The molecule has 1 saturated heterocycles. The molecule has 2 fully saturated rings. The summed E-state index contributed by atoms with van der Waals surface area (Å²) >= 11 is 0. The molecule has 1 heterocycles. The Kier molecular flexibility index (Phi) is 5.92. The maximum atomic E-state index is 12.8. The van der Waals surface area contributed by atoms with Gasteiger partial charge < -0.3 is 19.7 Å². The fourth-order valence-corrected chi connectivity index (χ4v) is 4.35. The van der Waals surface area contributed by atoms with E-state index in [1.165, 1.54) is 6.42 Å². The number of carbonyl (C=O) groups is 2. The average molecular weight is 374 g/mol. The van der Waals surface area contributed by atoms with Gasteiger partial charge in [0.25, 0.3) is 0 Å². The van der Waals surface area contributed by atoms with E-state index in [9.17, 15) is 9.59 Å². The molecule has 1 aliphatic heterocycles. The van der Waals surface area contributed by atoms with Crippen LogP contribution in [0, 0.1) is 17.8 Å². The largest absolute Gasteiger partial charge is 0.497 e. The maximum Gasteiger partial charge on any atom is 0.229 e. The topological polar surface area (TPSA) is 67.9 Å². The van der Waals surface area contributed by atoms with Crippen LogP contribution in [0.4, 0.5) is 5.69 Å². The van der Waals surface area contributed by atoms with Crippen molar-refractivity contribution in [2.45, 2.75) is 45.6 Å². The minimum Gasteiger partial charge on any atom is -0.497 e. The number of anilines is 1. The third kappa shape index (κ3) is 4.20. The van der Waals surface area contributed by atoms with E-state index in [4.69, 9.17) is 9.47 Å². The molecule has 3 rings (SSSR count). The van der Waals surface area contributed by atoms with Crippen LogP contribution in [0.3, 0.4) is 0 Å². The van der Waals surface area contributed by atoms with Crippen molar-refractivity contribution in [2.24, 2.45) is 17.8 Å². The molecule has 0 bridgehead atoms. The molecule has 1 aromatic rings. The Bertz CT molecular complexity index is 683. The van der Waals surface area contributed by atoms with E-state index < -0.39 is 0 Å². The molecule has 6 heteroatoms. The summed E-state index contributed by atoms with van der Waals surface area (Å²) in [6.07, 6.45) is 3.70. The maximum absolute atomic E-state index is 12.8. The van der Waals surface area contributed by atoms with Crippen LogP contribution in [0.5, 0.6) is 11.5 Å². The van der Waals surface area contributed by atoms with Crippen LogP contribution in [-0.2, 0) is 9.59 Å². The van der Waals surface area contributed by atoms with Crippen molar-refractivity contribution >= 4 is 17.5 Å². The molecular weight excluding hydrogens is 344 g/mol. The monoisotopic (exact) mass is 374 g/mol. The summed E-state index contributed by atoms with van der Waals surface area (Å²) in [5, 5.41) is 2.92. The molecule has 1 aliphatic carbocycles. The van der Waals surface area contributed by atoms with Crippen molar-refractivity contribution < 1.29 is 19.1 Å². The molecular formula is C21H30N2O4. The quantitative estimate of drug-likeness (QED) is 0.859. The first-order valence-electron chi connectivity index (χ1n) is 9.76. The first-order chi connectivity index (χ1) is 12.9. The van der Waals surface area contributed by atoms with Crippen molar-refractivity contribution in [1.82, 2.24) is 4.90 Å². The van der Waals surface area contributed by atoms with E-state index >= 15 is 0 Å². The highest BCUT2D eigenvalue weighted by Crippen LogP contribution is 2.36. The summed E-state index contributed by atoms with van der Waals surface area (Å²) in [4.78, 5) is 27.3. The third-order valence-corrected chi connectivity index (χ3v) is 6.21. The van der Waals surface area contributed by atoms with Gasteiger partial charge in [-0.1, -0.05) is 26.7 Å². The molecule has 2 amide bonds. The second-order valence-corrected chi connectivity index (χ2v) is 7.87. The number of ether oxygens (including phenoxy) is 2. The summed E-state index contributed by atoms with van der Waals surface area (Å²) in [5.74, 6) is 1.97. The lowest BCUT2D eigenvalue weighted by Gasteiger charge is -2.40. The molecule has 6 nitrogen and oxygen atoms in total. The van der Waals surface area contributed by atoms with Crippen molar-refractivity contribution in [3.63, 3.8) is 0 Å². The fraction of sp³-hybridized carbons (Fsp3) is 0.619. The third-order valence-electron chi connectivity index (χ3n) is 6.21. The predicted molar refractivity (Wildman–Crippen MR) is 104 cm³/mol. The normalized spacial score (nSPS) is 28.1. The number of hydrogen-bond acceptors (Lipinski definition) is 4. The standard InChI is InChI=1S/C21H30N2O4/c1-13-6-5-7-19(14(13)2)23-12-15(8-20(23)24)21(25)22-16-9-17(26-3)11-18(10-16)27-4/h9-11,13-15,19H,5-8,12H2,1-4H3,(H,22,25)/t13-,14+,15+,19-/m0/s1. The smallest absolute Gasteiger partial charge is 0.229 e. The Morgan fingerprint density at radius 2 is 1.78 bits per heavy atom. The van der Waals surface area contributed by atoms with Gasteiger partial charge in [-0.2, -0.15) is 0 Å². The van der Waals surface area contributed by atoms with Crippen molar-refractivity contribution in [1.29, 1.82) is 0 Å². The van der Waals surface area contributed by atoms with Gasteiger partial charge in [-0.05, 0) is 18.3 Å². The molecule has 2 aliphatic rings. The van der Waals surface area contributed by atoms with E-state index in [2.05, 4.69) is 19.2 Å². The van der Waals surface area contributed by atoms with Gasteiger partial charge in [-0.15, -0.1) is 0 Å². The molecule has 27 heavy (non-hydrogen) atoms. The van der Waals surface area contributed by atoms with Crippen LogP contribution >= 0.6 is 0 Å².